The number of hydrogen-bond acceptors (Lipinski definition) is 2. The summed E-state index contributed by atoms with van der Waals surface area (Å²) in [5, 5.41) is 0. The third kappa shape index (κ3) is 2.25. The quantitative estimate of drug-likeness (QED) is 0.760. The molecule has 0 aromatic carbocycles. The van der Waals surface area contributed by atoms with E-state index in [1.54, 1.807) is 0 Å². The molecule has 0 radical (unpaired) electrons. The highest BCUT2D eigenvalue weighted by molar-refractivity contribution is 6.17. The Kier molecular flexibility index (Phi) is 3.57. The van der Waals surface area contributed by atoms with Gasteiger partial charge in [-0.3, -0.25) is 9.36 Å². The molecule has 2 unspecified atom stereocenters. The van der Waals surface area contributed by atoms with E-state index in [4.69, 9.17) is 11.6 Å². The van der Waals surface area contributed by atoms with E-state index >= 15 is 0 Å². The minimum atomic E-state index is 0.118. The zero-order chi connectivity index (χ0) is 12.6. The molecule has 0 fully saturated rings. The Morgan fingerprint density at radius 1 is 1.47 bits per heavy atom. The molecule has 3 nitrogen and oxygen atoms in total. The van der Waals surface area contributed by atoms with Gasteiger partial charge in [0.1, 0.15) is 5.82 Å². The Hall–Kier alpha value is -0.830. The fourth-order valence-corrected chi connectivity index (χ4v) is 2.98. The number of hydrogen-bond donors (Lipinski definition) is 0. The molecule has 94 valence electrons. The average Bonchev–Trinajstić information content (AvgIpc) is 2.22. The first kappa shape index (κ1) is 12.6. The number of rotatable bonds is 2. The summed E-state index contributed by atoms with van der Waals surface area (Å²) in [5.74, 6) is 2.02. The minimum Gasteiger partial charge on any atom is -0.294 e. The van der Waals surface area contributed by atoms with E-state index in [0.29, 0.717) is 18.2 Å². The second-order valence-corrected chi connectivity index (χ2v) is 5.48. The Balaban J connectivity index is 2.58. The van der Waals surface area contributed by atoms with Gasteiger partial charge in [-0.15, -0.1) is 11.6 Å². The first-order valence-electron chi connectivity index (χ1n) is 6.21. The lowest BCUT2D eigenvalue weighted by molar-refractivity contribution is 0.327. The third-order valence-corrected chi connectivity index (χ3v) is 3.74. The van der Waals surface area contributed by atoms with Gasteiger partial charge in [0.15, 0.2) is 0 Å². The number of aromatic nitrogens is 2. The van der Waals surface area contributed by atoms with Gasteiger partial charge < -0.3 is 0 Å². The summed E-state index contributed by atoms with van der Waals surface area (Å²) in [6.07, 6.45) is 2.57. The molecule has 2 atom stereocenters. The summed E-state index contributed by atoms with van der Waals surface area (Å²) in [7, 11) is 0. The van der Waals surface area contributed by atoms with Crippen molar-refractivity contribution in [1.29, 1.82) is 0 Å². The Morgan fingerprint density at radius 2 is 2.18 bits per heavy atom. The van der Waals surface area contributed by atoms with Crippen molar-refractivity contribution < 1.29 is 0 Å². The summed E-state index contributed by atoms with van der Waals surface area (Å²) >= 11 is 5.75. The molecule has 0 saturated carbocycles. The maximum absolute atomic E-state index is 12.4. The fraction of sp³-hybridized carbons (Fsp3) is 0.692. The third-order valence-electron chi connectivity index (χ3n) is 3.55. The molecular weight excluding hydrogens is 236 g/mol. The maximum Gasteiger partial charge on any atom is 0.257 e. The van der Waals surface area contributed by atoms with E-state index in [-0.39, 0.29) is 11.6 Å². The van der Waals surface area contributed by atoms with Gasteiger partial charge in [0.05, 0.1) is 0 Å². The summed E-state index contributed by atoms with van der Waals surface area (Å²) in [4.78, 5) is 17.0. The van der Waals surface area contributed by atoms with Crippen molar-refractivity contribution in [2.24, 2.45) is 5.92 Å². The van der Waals surface area contributed by atoms with Crippen LogP contribution >= 0.6 is 11.6 Å². The van der Waals surface area contributed by atoms with Gasteiger partial charge in [-0.25, -0.2) is 4.98 Å². The Bertz CT molecular complexity index is 481. The van der Waals surface area contributed by atoms with E-state index in [1.165, 1.54) is 0 Å². The molecule has 1 aromatic heterocycles. The van der Waals surface area contributed by atoms with E-state index < -0.39 is 0 Å². The molecule has 4 heteroatoms. The number of halogens is 1. The van der Waals surface area contributed by atoms with E-state index in [9.17, 15) is 4.79 Å². The molecule has 2 rings (SSSR count). The second kappa shape index (κ2) is 4.81. The van der Waals surface area contributed by atoms with Crippen LogP contribution in [0.3, 0.4) is 0 Å². The first-order chi connectivity index (χ1) is 8.04. The highest BCUT2D eigenvalue weighted by atomic mass is 35.5. The van der Waals surface area contributed by atoms with Gasteiger partial charge in [0, 0.05) is 29.6 Å². The van der Waals surface area contributed by atoms with Crippen LogP contribution in [0.4, 0.5) is 0 Å². The molecule has 0 amide bonds. The monoisotopic (exact) mass is 254 g/mol. The van der Waals surface area contributed by atoms with Crippen molar-refractivity contribution in [3.63, 3.8) is 0 Å². The number of fused-ring (bicyclic) bond motifs is 1. The average molecular weight is 255 g/mol. The summed E-state index contributed by atoms with van der Waals surface area (Å²) in [5.41, 5.74) is 1.75. The van der Waals surface area contributed by atoms with Crippen molar-refractivity contribution in [1.82, 2.24) is 9.55 Å². The zero-order valence-corrected chi connectivity index (χ0v) is 11.4. The number of aryl methyl sites for hydroxylation is 1. The van der Waals surface area contributed by atoms with E-state index in [0.717, 1.165) is 29.9 Å². The van der Waals surface area contributed by atoms with Crippen LogP contribution in [-0.2, 0) is 12.8 Å². The van der Waals surface area contributed by atoms with Gasteiger partial charge in [-0.1, -0.05) is 6.92 Å². The molecule has 0 aliphatic carbocycles. The summed E-state index contributed by atoms with van der Waals surface area (Å²) in [6.45, 7) is 6.23. The number of alkyl halides is 1. The predicted molar refractivity (Wildman–Crippen MR) is 69.9 cm³/mol. The van der Waals surface area contributed by atoms with Crippen LogP contribution in [0.2, 0.25) is 0 Å². The van der Waals surface area contributed by atoms with Crippen molar-refractivity contribution >= 4 is 11.6 Å². The summed E-state index contributed by atoms with van der Waals surface area (Å²) < 4.78 is 1.87. The molecule has 0 saturated heterocycles. The van der Waals surface area contributed by atoms with Crippen LogP contribution in [0, 0.1) is 12.8 Å². The predicted octanol–water partition coefficient (Wildman–Crippen LogP) is 2.48. The fourth-order valence-electron chi connectivity index (χ4n) is 2.80. The molecule has 17 heavy (non-hydrogen) atoms. The van der Waals surface area contributed by atoms with Gasteiger partial charge in [-0.2, -0.15) is 0 Å². The minimum absolute atomic E-state index is 0.118. The van der Waals surface area contributed by atoms with Crippen LogP contribution in [0.25, 0.3) is 0 Å². The van der Waals surface area contributed by atoms with Crippen LogP contribution in [0.1, 0.15) is 43.4 Å². The second-order valence-electron chi connectivity index (χ2n) is 5.10. The maximum atomic E-state index is 12.4. The first-order valence-corrected chi connectivity index (χ1v) is 6.75. The highest BCUT2D eigenvalue weighted by Crippen LogP contribution is 2.26. The van der Waals surface area contributed by atoms with Crippen LogP contribution in [0.15, 0.2) is 4.79 Å². The molecule has 0 N–H and O–H groups in total. The van der Waals surface area contributed by atoms with Crippen molar-refractivity contribution in [2.75, 3.05) is 5.88 Å². The molecular formula is C13H19ClN2O. The normalized spacial score (nSPS) is 23.5. The van der Waals surface area contributed by atoms with E-state index in [2.05, 4.69) is 18.8 Å². The van der Waals surface area contributed by atoms with Crippen LogP contribution in [0.5, 0.6) is 0 Å². The van der Waals surface area contributed by atoms with Crippen molar-refractivity contribution in [3.05, 3.63) is 27.4 Å². The van der Waals surface area contributed by atoms with Gasteiger partial charge >= 0.3 is 0 Å². The lowest BCUT2D eigenvalue weighted by atomic mass is 9.94. The van der Waals surface area contributed by atoms with Gasteiger partial charge in [0.2, 0.25) is 0 Å². The molecule has 0 bridgehead atoms. The Labute approximate surface area is 107 Å². The van der Waals surface area contributed by atoms with Crippen molar-refractivity contribution in [3.8, 4) is 0 Å². The highest BCUT2D eigenvalue weighted by Gasteiger charge is 2.25. The molecule has 1 aliphatic rings. The lowest BCUT2D eigenvalue weighted by Crippen LogP contribution is -2.36. The van der Waals surface area contributed by atoms with Gasteiger partial charge in [-0.05, 0) is 32.6 Å². The summed E-state index contributed by atoms with van der Waals surface area (Å²) in [6, 6.07) is 0.253. The van der Waals surface area contributed by atoms with Gasteiger partial charge in [0.25, 0.3) is 5.56 Å². The van der Waals surface area contributed by atoms with Crippen molar-refractivity contribution in [2.45, 2.75) is 46.1 Å². The molecule has 1 aromatic rings. The lowest BCUT2D eigenvalue weighted by Gasteiger charge is -2.29. The molecule has 0 spiro atoms. The SMILES string of the molecule is Cc1nc2n(c(=O)c1CCCl)C(C)CC(C)C2. The largest absolute Gasteiger partial charge is 0.294 e. The standard InChI is InChI=1S/C13H19ClN2O/c1-8-6-9(2)16-12(7-8)15-10(3)11(4-5-14)13(16)17/h8-9H,4-7H2,1-3H3. The topological polar surface area (TPSA) is 34.9 Å². The molecule has 2 heterocycles. The Morgan fingerprint density at radius 3 is 2.82 bits per heavy atom. The zero-order valence-electron chi connectivity index (χ0n) is 10.7. The molecule has 1 aliphatic heterocycles. The van der Waals surface area contributed by atoms with Crippen LogP contribution < -0.4 is 5.56 Å². The van der Waals surface area contributed by atoms with E-state index in [1.807, 2.05) is 11.5 Å². The van der Waals surface area contributed by atoms with Crippen LogP contribution in [-0.4, -0.2) is 15.4 Å². The smallest absolute Gasteiger partial charge is 0.257 e. The number of nitrogens with zero attached hydrogens (tertiary/aromatic N) is 2.